The van der Waals surface area contributed by atoms with Crippen LogP contribution < -0.4 is 14.8 Å². The van der Waals surface area contributed by atoms with Gasteiger partial charge in [0.15, 0.2) is 29.3 Å². The Morgan fingerprint density at radius 2 is 2.04 bits per heavy atom. The van der Waals surface area contributed by atoms with Gasteiger partial charge in [-0.1, -0.05) is 6.92 Å². The number of carbonyl (C=O) groups excluding carboxylic acids is 1. The third-order valence-electron chi connectivity index (χ3n) is 3.60. The van der Waals surface area contributed by atoms with Gasteiger partial charge in [0.2, 0.25) is 0 Å². The van der Waals surface area contributed by atoms with Crippen molar-refractivity contribution in [1.82, 2.24) is 10.3 Å². The largest absolute Gasteiger partial charge is 0.486 e. The fraction of sp³-hybridized carbons (Fsp3) is 0.312. The monoisotopic (exact) mass is 332 g/mol. The lowest BCUT2D eigenvalue weighted by molar-refractivity contribution is -0.139. The molecule has 1 unspecified atom stereocenters. The highest BCUT2D eigenvalue weighted by Crippen LogP contribution is 2.35. The fourth-order valence-corrected chi connectivity index (χ4v) is 2.36. The first-order valence-electron chi connectivity index (χ1n) is 7.47. The summed E-state index contributed by atoms with van der Waals surface area (Å²) in [5, 5.41) is 11.5. The second-order valence-electron chi connectivity index (χ2n) is 5.16. The molecular weight excluding hydrogens is 316 g/mol. The Morgan fingerprint density at radius 3 is 2.75 bits per heavy atom. The molecular formula is C16H16N2O6. The average Bonchev–Trinajstić information content (AvgIpc) is 3.08. The number of carboxylic acid groups (broad SMARTS) is 1. The normalized spacial score (nSPS) is 14.0. The Morgan fingerprint density at radius 1 is 1.29 bits per heavy atom. The van der Waals surface area contributed by atoms with Crippen LogP contribution in [0.5, 0.6) is 11.5 Å². The van der Waals surface area contributed by atoms with Crippen molar-refractivity contribution >= 4 is 11.9 Å². The van der Waals surface area contributed by atoms with Crippen LogP contribution in [0.1, 0.15) is 23.8 Å². The van der Waals surface area contributed by atoms with Gasteiger partial charge in [-0.05, 0) is 24.6 Å². The van der Waals surface area contributed by atoms with E-state index in [0.29, 0.717) is 30.3 Å². The first-order valence-corrected chi connectivity index (χ1v) is 7.47. The minimum Gasteiger partial charge on any atom is -0.486 e. The molecule has 1 atom stereocenters. The quantitative estimate of drug-likeness (QED) is 0.857. The lowest BCUT2D eigenvalue weighted by Gasteiger charge is -2.18. The van der Waals surface area contributed by atoms with E-state index in [1.807, 2.05) is 0 Å². The molecule has 0 aliphatic carbocycles. The molecule has 0 bridgehead atoms. The summed E-state index contributed by atoms with van der Waals surface area (Å²) >= 11 is 0. The molecule has 0 radical (unpaired) electrons. The highest BCUT2D eigenvalue weighted by atomic mass is 16.6. The SMILES string of the molecule is CCC(NC(=O)c1ncoc1-c1ccc2c(c1)OCCO2)C(=O)O. The topological polar surface area (TPSA) is 111 Å². The van der Waals surface area contributed by atoms with Crippen LogP contribution >= 0.6 is 0 Å². The molecule has 1 aromatic heterocycles. The highest BCUT2D eigenvalue weighted by Gasteiger charge is 2.24. The van der Waals surface area contributed by atoms with Crippen molar-refractivity contribution in [3.8, 4) is 22.8 Å². The second-order valence-corrected chi connectivity index (χ2v) is 5.16. The number of benzene rings is 1. The number of aliphatic carboxylic acids is 1. The molecule has 8 heteroatoms. The van der Waals surface area contributed by atoms with Gasteiger partial charge in [-0.25, -0.2) is 9.78 Å². The summed E-state index contributed by atoms with van der Waals surface area (Å²) in [4.78, 5) is 27.3. The van der Waals surface area contributed by atoms with Crippen LogP contribution in [0.3, 0.4) is 0 Å². The van der Waals surface area contributed by atoms with Gasteiger partial charge in [-0.2, -0.15) is 0 Å². The van der Waals surface area contributed by atoms with E-state index in [0.717, 1.165) is 6.39 Å². The zero-order valence-electron chi connectivity index (χ0n) is 12.9. The van der Waals surface area contributed by atoms with Crippen LogP contribution in [-0.2, 0) is 4.79 Å². The van der Waals surface area contributed by atoms with Crippen molar-refractivity contribution in [3.05, 3.63) is 30.3 Å². The van der Waals surface area contributed by atoms with E-state index in [4.69, 9.17) is 19.0 Å². The van der Waals surface area contributed by atoms with Crippen LogP contribution in [0.15, 0.2) is 29.0 Å². The number of carbonyl (C=O) groups is 2. The standard InChI is InChI=1S/C16H16N2O6/c1-2-10(16(20)21)18-15(19)13-14(24-8-17-13)9-3-4-11-12(7-9)23-6-5-22-11/h3-4,7-8,10H,2,5-6H2,1H3,(H,18,19)(H,20,21). The Hall–Kier alpha value is -3.03. The van der Waals surface area contributed by atoms with E-state index in [-0.39, 0.29) is 17.9 Å². The minimum atomic E-state index is -1.10. The molecule has 1 amide bonds. The number of rotatable bonds is 5. The summed E-state index contributed by atoms with van der Waals surface area (Å²) < 4.78 is 16.3. The highest BCUT2D eigenvalue weighted by molar-refractivity contribution is 5.99. The van der Waals surface area contributed by atoms with E-state index in [1.165, 1.54) is 0 Å². The molecule has 0 fully saturated rings. The maximum absolute atomic E-state index is 12.3. The van der Waals surface area contributed by atoms with Gasteiger partial charge in [0, 0.05) is 5.56 Å². The van der Waals surface area contributed by atoms with Crippen LogP contribution in [0.2, 0.25) is 0 Å². The Balaban J connectivity index is 1.87. The van der Waals surface area contributed by atoms with Gasteiger partial charge >= 0.3 is 5.97 Å². The first kappa shape index (κ1) is 15.9. The van der Waals surface area contributed by atoms with E-state index < -0.39 is 17.9 Å². The number of fused-ring (bicyclic) bond motifs is 1. The summed E-state index contributed by atoms with van der Waals surface area (Å²) in [7, 11) is 0. The molecule has 2 N–H and O–H groups in total. The maximum Gasteiger partial charge on any atom is 0.326 e. The summed E-state index contributed by atoms with van der Waals surface area (Å²) in [5.41, 5.74) is 0.608. The van der Waals surface area contributed by atoms with Crippen LogP contribution in [-0.4, -0.2) is 41.2 Å². The number of ether oxygens (including phenoxy) is 2. The van der Waals surface area contributed by atoms with E-state index in [1.54, 1.807) is 25.1 Å². The van der Waals surface area contributed by atoms with E-state index in [2.05, 4.69) is 10.3 Å². The van der Waals surface area contributed by atoms with Gasteiger partial charge in [0.25, 0.3) is 5.91 Å². The molecule has 3 rings (SSSR count). The molecule has 2 aromatic rings. The first-order chi connectivity index (χ1) is 11.6. The van der Waals surface area contributed by atoms with Gasteiger partial charge in [-0.15, -0.1) is 0 Å². The van der Waals surface area contributed by atoms with Crippen molar-refractivity contribution in [2.24, 2.45) is 0 Å². The molecule has 0 spiro atoms. The number of hydrogen-bond acceptors (Lipinski definition) is 6. The van der Waals surface area contributed by atoms with E-state index in [9.17, 15) is 9.59 Å². The number of nitrogens with zero attached hydrogens (tertiary/aromatic N) is 1. The summed E-state index contributed by atoms with van der Waals surface area (Å²) in [5.74, 6) is -0.297. The zero-order valence-corrected chi connectivity index (χ0v) is 12.9. The van der Waals surface area contributed by atoms with Crippen molar-refractivity contribution in [3.63, 3.8) is 0 Å². The molecule has 8 nitrogen and oxygen atoms in total. The third-order valence-corrected chi connectivity index (χ3v) is 3.60. The molecule has 24 heavy (non-hydrogen) atoms. The summed E-state index contributed by atoms with van der Waals surface area (Å²) in [6.45, 7) is 2.59. The summed E-state index contributed by atoms with van der Waals surface area (Å²) in [6.07, 6.45) is 1.40. The van der Waals surface area contributed by atoms with Gasteiger partial charge < -0.3 is 24.3 Å². The van der Waals surface area contributed by atoms with Crippen molar-refractivity contribution in [2.45, 2.75) is 19.4 Å². The van der Waals surface area contributed by atoms with Gasteiger partial charge in [-0.3, -0.25) is 4.79 Å². The van der Waals surface area contributed by atoms with E-state index >= 15 is 0 Å². The van der Waals surface area contributed by atoms with Crippen molar-refractivity contribution < 1.29 is 28.6 Å². The summed E-state index contributed by atoms with van der Waals surface area (Å²) in [6, 6.07) is 4.15. The predicted molar refractivity (Wildman–Crippen MR) is 82.1 cm³/mol. The average molecular weight is 332 g/mol. The lowest BCUT2D eigenvalue weighted by atomic mass is 10.1. The van der Waals surface area contributed by atoms with Crippen molar-refractivity contribution in [2.75, 3.05) is 13.2 Å². The Labute approximate surface area is 137 Å². The number of amides is 1. The minimum absolute atomic E-state index is 0.0198. The third kappa shape index (κ3) is 3.03. The molecule has 2 heterocycles. The Bertz CT molecular complexity index is 770. The van der Waals surface area contributed by atoms with Gasteiger partial charge in [0.05, 0.1) is 0 Å². The predicted octanol–water partition coefficient (Wildman–Crippen LogP) is 1.71. The molecule has 0 saturated heterocycles. The van der Waals surface area contributed by atoms with Crippen molar-refractivity contribution in [1.29, 1.82) is 0 Å². The molecule has 1 aliphatic heterocycles. The maximum atomic E-state index is 12.3. The fourth-order valence-electron chi connectivity index (χ4n) is 2.36. The molecule has 0 saturated carbocycles. The van der Waals surface area contributed by atoms with Crippen LogP contribution in [0.25, 0.3) is 11.3 Å². The lowest BCUT2D eigenvalue weighted by Crippen LogP contribution is -2.40. The number of nitrogens with one attached hydrogen (secondary N) is 1. The Kier molecular flexibility index (Phi) is 4.37. The molecule has 126 valence electrons. The zero-order chi connectivity index (χ0) is 17.1. The number of oxazole rings is 1. The van der Waals surface area contributed by atoms with Crippen LogP contribution in [0, 0.1) is 0 Å². The number of aromatic nitrogens is 1. The number of hydrogen-bond donors (Lipinski definition) is 2. The van der Waals surface area contributed by atoms with Gasteiger partial charge in [0.1, 0.15) is 19.3 Å². The number of carboxylic acids is 1. The molecule has 1 aromatic carbocycles. The van der Waals surface area contributed by atoms with Crippen LogP contribution in [0.4, 0.5) is 0 Å². The molecule has 1 aliphatic rings. The smallest absolute Gasteiger partial charge is 0.326 e. The second kappa shape index (κ2) is 6.61.